The van der Waals surface area contributed by atoms with E-state index in [0.29, 0.717) is 11.8 Å². The average molecular weight is 353 g/mol. The molecule has 1 nitrogen and oxygen atoms in total. The fraction of sp³-hybridized carbons (Fsp3) is 0.429. The summed E-state index contributed by atoms with van der Waals surface area (Å²) in [6.45, 7) is 16.6. The molecule has 0 atom stereocenters. The van der Waals surface area contributed by atoms with Crippen LogP contribution in [-0.4, -0.2) is 24.5 Å². The second-order valence-electron chi connectivity index (χ2n) is 6.72. The van der Waals surface area contributed by atoms with Crippen LogP contribution in [0.4, 0.5) is 0 Å². The van der Waals surface area contributed by atoms with E-state index in [1.807, 2.05) is 30.3 Å². The summed E-state index contributed by atoms with van der Waals surface area (Å²) in [7, 11) is 0. The quantitative estimate of drug-likeness (QED) is 0.473. The van der Waals surface area contributed by atoms with Gasteiger partial charge in [-0.3, -0.25) is 0 Å². The van der Waals surface area contributed by atoms with Gasteiger partial charge in [0.05, 0.1) is 0 Å². The third-order valence-electron chi connectivity index (χ3n) is 3.29. The van der Waals surface area contributed by atoms with Crippen LogP contribution in [-0.2, 0) is 17.1 Å². The molecule has 0 aliphatic carbocycles. The van der Waals surface area contributed by atoms with E-state index in [0.717, 1.165) is 19.6 Å². The Labute approximate surface area is 153 Å². The van der Waals surface area contributed by atoms with Gasteiger partial charge in [0.2, 0.25) is 0 Å². The Morgan fingerprint density at radius 3 is 1.65 bits per heavy atom. The van der Waals surface area contributed by atoms with E-state index in [4.69, 9.17) is 0 Å². The molecule has 0 bridgehead atoms. The van der Waals surface area contributed by atoms with Crippen LogP contribution >= 0.6 is 0 Å². The van der Waals surface area contributed by atoms with Crippen molar-refractivity contribution < 1.29 is 17.1 Å². The van der Waals surface area contributed by atoms with Crippen LogP contribution in [0.5, 0.6) is 0 Å². The summed E-state index contributed by atoms with van der Waals surface area (Å²) in [5.41, 5.74) is 2.51. The molecule has 0 radical (unpaired) electrons. The molecule has 2 heteroatoms. The molecule has 0 aromatic heterocycles. The summed E-state index contributed by atoms with van der Waals surface area (Å²) in [6.07, 6.45) is 0. The van der Waals surface area contributed by atoms with Gasteiger partial charge in [-0.1, -0.05) is 27.7 Å². The van der Waals surface area contributed by atoms with Gasteiger partial charge in [-0.15, -0.1) is 23.3 Å². The average Bonchev–Trinajstić information content (AvgIpc) is 3.14. The Morgan fingerprint density at radius 1 is 0.913 bits per heavy atom. The first kappa shape index (κ1) is 21.9. The first-order chi connectivity index (χ1) is 10.5. The molecule has 0 spiro atoms. The van der Waals surface area contributed by atoms with Crippen LogP contribution in [0.1, 0.15) is 33.3 Å². The summed E-state index contributed by atoms with van der Waals surface area (Å²) in [5.74, 6) is 1.42. The van der Waals surface area contributed by atoms with E-state index < -0.39 is 0 Å². The van der Waals surface area contributed by atoms with Crippen LogP contribution in [0.15, 0.2) is 61.2 Å². The minimum absolute atomic E-state index is 0. The van der Waals surface area contributed by atoms with Crippen molar-refractivity contribution in [3.8, 4) is 0 Å². The third-order valence-corrected chi connectivity index (χ3v) is 3.29. The van der Waals surface area contributed by atoms with Crippen molar-refractivity contribution in [2.24, 2.45) is 11.8 Å². The van der Waals surface area contributed by atoms with E-state index in [1.54, 1.807) is 0 Å². The zero-order valence-corrected chi connectivity index (χ0v) is 16.1. The van der Waals surface area contributed by atoms with Crippen molar-refractivity contribution in [2.45, 2.75) is 27.7 Å². The molecular weight excluding hydrogens is 322 g/mol. The Balaban J connectivity index is 0.000000684. The Morgan fingerprint density at radius 2 is 1.30 bits per heavy atom. The molecule has 2 aromatic carbocycles. The van der Waals surface area contributed by atoms with Gasteiger partial charge in [0.1, 0.15) is 0 Å². The van der Waals surface area contributed by atoms with Gasteiger partial charge in [-0.05, 0) is 11.8 Å². The van der Waals surface area contributed by atoms with E-state index >= 15 is 0 Å². The SMILES string of the molecule is C=C(CN(CC(C)C)CC(C)C)[c-]1cccc1.[Fe].[cH-]1[cH-][cH-][cH-][cH-]1. The monoisotopic (exact) mass is 353 g/mol. The Hall–Kier alpha value is -1.08. The number of hydrogen-bond donors (Lipinski definition) is 0. The first-order valence-electron chi connectivity index (χ1n) is 8.28. The van der Waals surface area contributed by atoms with Crippen molar-refractivity contribution in [3.05, 3.63) is 66.7 Å². The summed E-state index contributed by atoms with van der Waals surface area (Å²) in [4.78, 5) is 2.52. The molecule has 0 N–H and O–H groups in total. The second-order valence-corrected chi connectivity index (χ2v) is 6.72. The maximum absolute atomic E-state index is 4.21. The van der Waals surface area contributed by atoms with Crippen molar-refractivity contribution in [3.63, 3.8) is 0 Å². The second kappa shape index (κ2) is 12.4. The van der Waals surface area contributed by atoms with Crippen LogP contribution < -0.4 is 0 Å². The summed E-state index contributed by atoms with van der Waals surface area (Å²) >= 11 is 0. The van der Waals surface area contributed by atoms with Gasteiger partial charge < -0.3 is 35.2 Å². The van der Waals surface area contributed by atoms with Gasteiger partial charge in [0.25, 0.3) is 0 Å². The molecule has 0 unspecified atom stereocenters. The minimum Gasteiger partial charge on any atom is -0.748 e. The molecule has 0 heterocycles. The van der Waals surface area contributed by atoms with Crippen molar-refractivity contribution in [2.75, 3.05) is 19.6 Å². The van der Waals surface area contributed by atoms with E-state index in [1.165, 1.54) is 11.1 Å². The predicted molar refractivity (Wildman–Crippen MR) is 99.2 cm³/mol. The molecule has 0 aliphatic heterocycles. The van der Waals surface area contributed by atoms with Gasteiger partial charge in [0.15, 0.2) is 0 Å². The van der Waals surface area contributed by atoms with Crippen LogP contribution in [0.3, 0.4) is 0 Å². The Bertz CT molecular complexity index is 453. The predicted octanol–water partition coefficient (Wildman–Crippen LogP) is 5.44. The molecule has 0 amide bonds. The van der Waals surface area contributed by atoms with Crippen LogP contribution in [0.2, 0.25) is 0 Å². The van der Waals surface area contributed by atoms with Gasteiger partial charge >= 0.3 is 0 Å². The normalized spacial score (nSPS) is 10.4. The van der Waals surface area contributed by atoms with E-state index in [9.17, 15) is 0 Å². The van der Waals surface area contributed by atoms with Crippen LogP contribution in [0.25, 0.3) is 5.57 Å². The third kappa shape index (κ3) is 10.3. The molecule has 2 rings (SSSR count). The van der Waals surface area contributed by atoms with E-state index in [2.05, 4.69) is 63.4 Å². The topological polar surface area (TPSA) is 3.24 Å². The molecule has 0 aliphatic rings. The summed E-state index contributed by atoms with van der Waals surface area (Å²) < 4.78 is 0. The molecule has 2 aromatic rings. The zero-order valence-electron chi connectivity index (χ0n) is 15.0. The van der Waals surface area contributed by atoms with Crippen LogP contribution in [0, 0.1) is 11.8 Å². The zero-order chi connectivity index (χ0) is 16.4. The molecule has 0 saturated heterocycles. The molecule has 134 valence electrons. The Kier molecular flexibility index (Phi) is 11.8. The van der Waals surface area contributed by atoms with E-state index in [-0.39, 0.29) is 17.1 Å². The fourth-order valence-electron chi connectivity index (χ4n) is 2.53. The van der Waals surface area contributed by atoms with Gasteiger partial charge in [-0.2, -0.15) is 18.7 Å². The van der Waals surface area contributed by atoms with Crippen molar-refractivity contribution in [1.82, 2.24) is 4.90 Å². The largest absolute Gasteiger partial charge is 0.748 e. The molecular formula is C21H31FeN-6. The number of nitrogens with zero attached hydrogens (tertiary/aromatic N) is 1. The molecule has 0 saturated carbocycles. The maximum atomic E-state index is 4.21. The summed E-state index contributed by atoms with van der Waals surface area (Å²) in [5, 5.41) is 0. The van der Waals surface area contributed by atoms with Crippen molar-refractivity contribution >= 4 is 5.57 Å². The van der Waals surface area contributed by atoms with Gasteiger partial charge in [-0.25, -0.2) is 0 Å². The molecule has 0 fully saturated rings. The smallest absolute Gasteiger partial charge is 0.00646 e. The molecule has 23 heavy (non-hydrogen) atoms. The maximum Gasteiger partial charge on any atom is 0.00646 e. The summed E-state index contributed by atoms with van der Waals surface area (Å²) in [6, 6.07) is 18.4. The minimum atomic E-state index is 0. The van der Waals surface area contributed by atoms with Crippen molar-refractivity contribution in [1.29, 1.82) is 0 Å². The standard InChI is InChI=1S/C16H26N.C5H5.Fe/c1-13(2)10-17(11-14(3)4)12-15(5)16-8-6-7-9-16;1-2-4-5-3-1;/h6-9,13-14H,5,10-12H2,1-4H3;1-5H;/q-1;-5;. The first-order valence-corrected chi connectivity index (χ1v) is 8.28. The number of rotatable bonds is 7. The van der Waals surface area contributed by atoms with Gasteiger partial charge in [0, 0.05) is 36.7 Å². The number of hydrogen-bond acceptors (Lipinski definition) is 1. The fourth-order valence-corrected chi connectivity index (χ4v) is 2.53.